The van der Waals surface area contributed by atoms with Crippen molar-refractivity contribution in [1.82, 2.24) is 14.1 Å². The highest BCUT2D eigenvalue weighted by atomic mass is 35.5. The molecule has 0 aromatic heterocycles. The van der Waals surface area contributed by atoms with E-state index in [1.807, 2.05) is 18.2 Å². The normalized spacial score (nSPS) is 23.3. The molecule has 2 spiro atoms. The summed E-state index contributed by atoms with van der Waals surface area (Å²) >= 11 is 6.49. The molecule has 0 saturated carbocycles. The van der Waals surface area contributed by atoms with E-state index in [9.17, 15) is 39.6 Å². The number of hydrogen-bond donors (Lipinski definition) is 0. The minimum Gasteiger partial charge on any atom is -0.426 e. The van der Waals surface area contributed by atoms with Crippen molar-refractivity contribution in [3.8, 4) is 0 Å². The maximum absolute atomic E-state index is 12.8. The zero-order valence-corrected chi connectivity index (χ0v) is 24.6. The number of nitrogens with zero attached hydrogens (tertiary/aromatic N) is 4. The molecule has 8 nitrogen and oxygen atoms in total. The van der Waals surface area contributed by atoms with E-state index < -0.39 is 40.1 Å². The van der Waals surface area contributed by atoms with Crippen LogP contribution in [0.2, 0.25) is 5.02 Å². The molecule has 0 unspecified atom stereocenters. The van der Waals surface area contributed by atoms with Crippen LogP contribution in [-0.4, -0.2) is 105 Å². The summed E-state index contributed by atoms with van der Waals surface area (Å²) in [4.78, 5) is 17.4. The lowest BCUT2D eigenvalue weighted by Gasteiger charge is -2.52. The zero-order chi connectivity index (χ0) is 30.7. The van der Waals surface area contributed by atoms with Gasteiger partial charge in [-0.2, -0.15) is 26.3 Å². The molecule has 4 aliphatic rings. The number of sulfonamides is 1. The predicted molar refractivity (Wildman–Crippen MR) is 143 cm³/mol. The fourth-order valence-electron chi connectivity index (χ4n) is 6.87. The fraction of sp³-hybridized carbons (Fsp3) is 0.731. The van der Waals surface area contributed by atoms with Crippen molar-refractivity contribution in [3.05, 3.63) is 28.8 Å². The molecule has 16 heteroatoms. The van der Waals surface area contributed by atoms with Crippen molar-refractivity contribution < 1.29 is 44.3 Å². The summed E-state index contributed by atoms with van der Waals surface area (Å²) in [5.74, 6) is 0. The van der Waals surface area contributed by atoms with Gasteiger partial charge in [0.05, 0.1) is 11.8 Å². The van der Waals surface area contributed by atoms with Crippen molar-refractivity contribution in [2.24, 2.45) is 5.41 Å². The Labute approximate surface area is 245 Å². The summed E-state index contributed by atoms with van der Waals surface area (Å²) in [6, 6.07) is 5.74. The second-order valence-corrected chi connectivity index (χ2v) is 14.5. The molecule has 0 aliphatic carbocycles. The first kappa shape index (κ1) is 31.5. The number of hydrogen-bond acceptors (Lipinski definition) is 6. The molecule has 236 valence electrons. The Balaban J connectivity index is 1.21. The van der Waals surface area contributed by atoms with Gasteiger partial charge in [0.15, 0.2) is 0 Å². The van der Waals surface area contributed by atoms with E-state index >= 15 is 0 Å². The van der Waals surface area contributed by atoms with Crippen LogP contribution in [0.5, 0.6) is 0 Å². The number of halogens is 7. The van der Waals surface area contributed by atoms with Crippen molar-refractivity contribution in [1.29, 1.82) is 0 Å². The number of piperidine rings is 1. The van der Waals surface area contributed by atoms with E-state index in [0.29, 0.717) is 37.6 Å². The minimum absolute atomic E-state index is 0.0270. The fourth-order valence-corrected chi connectivity index (χ4v) is 7.97. The molecular formula is C26H33ClF6N4O4S. The Kier molecular flexibility index (Phi) is 8.15. The molecule has 4 fully saturated rings. The molecule has 0 atom stereocenters. The van der Waals surface area contributed by atoms with Gasteiger partial charge in [-0.1, -0.05) is 11.6 Å². The maximum atomic E-state index is 12.8. The lowest BCUT2D eigenvalue weighted by Crippen LogP contribution is -2.69. The van der Waals surface area contributed by atoms with E-state index in [0.717, 1.165) is 54.9 Å². The van der Waals surface area contributed by atoms with E-state index in [1.54, 1.807) is 0 Å². The van der Waals surface area contributed by atoms with Gasteiger partial charge in [-0.3, -0.25) is 4.90 Å². The second-order valence-electron chi connectivity index (χ2n) is 12.1. The number of alkyl halides is 6. The quantitative estimate of drug-likeness (QED) is 0.425. The van der Waals surface area contributed by atoms with E-state index in [2.05, 4.69) is 14.5 Å². The van der Waals surface area contributed by atoms with E-state index in [1.165, 1.54) is 10.6 Å². The lowest BCUT2D eigenvalue weighted by molar-refractivity contribution is -0.309. The molecular weight excluding hydrogens is 614 g/mol. The Morgan fingerprint density at radius 1 is 0.952 bits per heavy atom. The van der Waals surface area contributed by atoms with Gasteiger partial charge >= 0.3 is 18.4 Å². The minimum atomic E-state index is -5.76. The molecule has 42 heavy (non-hydrogen) atoms. The third-order valence-corrected chi connectivity index (χ3v) is 10.7. The highest BCUT2D eigenvalue weighted by Gasteiger charge is 2.61. The van der Waals surface area contributed by atoms with Crippen molar-refractivity contribution in [2.45, 2.75) is 62.6 Å². The molecule has 1 amide bonds. The first-order valence-corrected chi connectivity index (χ1v) is 16.0. The summed E-state index contributed by atoms with van der Waals surface area (Å²) in [5.41, 5.74) is 1.32. The van der Waals surface area contributed by atoms with Crippen molar-refractivity contribution in [2.75, 3.05) is 57.0 Å². The van der Waals surface area contributed by atoms with Crippen molar-refractivity contribution >= 4 is 33.4 Å². The van der Waals surface area contributed by atoms with Gasteiger partial charge in [0.25, 0.3) is 6.10 Å². The van der Waals surface area contributed by atoms with Gasteiger partial charge < -0.3 is 14.5 Å². The molecule has 4 aliphatic heterocycles. The molecule has 1 aromatic rings. The number of anilines is 1. The number of amides is 1. The van der Waals surface area contributed by atoms with Crippen LogP contribution in [-0.2, 0) is 21.3 Å². The van der Waals surface area contributed by atoms with Crippen LogP contribution in [0.1, 0.15) is 37.7 Å². The zero-order valence-electron chi connectivity index (χ0n) is 23.0. The van der Waals surface area contributed by atoms with E-state index in [4.69, 9.17) is 11.6 Å². The molecule has 0 bridgehead atoms. The Hall–Kier alpha value is -1.97. The summed E-state index contributed by atoms with van der Waals surface area (Å²) < 4.78 is 106. The molecule has 0 radical (unpaired) electrons. The van der Waals surface area contributed by atoms with Crippen LogP contribution in [0.4, 0.5) is 36.8 Å². The third kappa shape index (κ3) is 6.43. The number of carbonyl (C=O) groups is 1. The highest BCUT2D eigenvalue weighted by molar-refractivity contribution is 7.88. The maximum Gasteiger partial charge on any atom is 0.434 e. The smallest absolute Gasteiger partial charge is 0.426 e. The summed E-state index contributed by atoms with van der Waals surface area (Å²) in [6.45, 7) is 3.65. The Morgan fingerprint density at radius 3 is 2.17 bits per heavy atom. The van der Waals surface area contributed by atoms with Gasteiger partial charge in [-0.05, 0) is 67.8 Å². The molecule has 0 N–H and O–H groups in total. The monoisotopic (exact) mass is 646 g/mol. The summed E-state index contributed by atoms with van der Waals surface area (Å²) in [7, 11) is -3.21. The highest BCUT2D eigenvalue weighted by Crippen LogP contribution is 2.44. The molecule has 5 rings (SSSR count). The Morgan fingerprint density at radius 2 is 1.57 bits per heavy atom. The van der Waals surface area contributed by atoms with Crippen LogP contribution >= 0.6 is 11.6 Å². The third-order valence-electron chi connectivity index (χ3n) is 9.15. The topological polar surface area (TPSA) is 73.4 Å². The number of rotatable bonds is 5. The SMILES string of the molecule is CS(=O)(=O)N1CCC2(CCN(c3cc(Cl)cc(CN4CCCC45CN(C(=O)OC(C(F)(F)F)C(F)(F)F)C5)c3)C2)CC1. The predicted octanol–water partition coefficient (Wildman–Crippen LogP) is 4.87. The number of likely N-dealkylation sites (tertiary alicyclic amines) is 2. The Bertz CT molecular complexity index is 1280. The van der Waals surface area contributed by atoms with Crippen molar-refractivity contribution in [3.63, 3.8) is 0 Å². The van der Waals surface area contributed by atoms with E-state index in [-0.39, 0.29) is 18.5 Å². The van der Waals surface area contributed by atoms with Gasteiger partial charge in [-0.15, -0.1) is 0 Å². The summed E-state index contributed by atoms with van der Waals surface area (Å²) in [5, 5.41) is 0.535. The van der Waals surface area contributed by atoms with Crippen LogP contribution in [0.25, 0.3) is 0 Å². The average Bonchev–Trinajstić information content (AvgIpc) is 3.44. The van der Waals surface area contributed by atoms with Crippen LogP contribution in [0, 0.1) is 5.41 Å². The van der Waals surface area contributed by atoms with Gasteiger partial charge in [-0.25, -0.2) is 17.5 Å². The van der Waals surface area contributed by atoms with Crippen LogP contribution in [0.3, 0.4) is 0 Å². The second kappa shape index (κ2) is 10.9. The number of carbonyl (C=O) groups excluding carboxylic acids is 1. The van der Waals surface area contributed by atoms with Gasteiger partial charge in [0.2, 0.25) is 10.0 Å². The standard InChI is InChI=1S/C26H33ClF6N4O4S/c1-42(39,40)37-9-5-23(6-10-37)4-8-34(15-23)20-12-18(11-19(27)13-20)14-36-7-2-3-24(36)16-35(17-24)22(38)41-21(25(28,29)30)26(31,32)33/h11-13,21H,2-10,14-17H2,1H3. The van der Waals surface area contributed by atoms with Gasteiger partial charge in [0, 0.05) is 56.5 Å². The van der Waals surface area contributed by atoms with Crippen LogP contribution < -0.4 is 4.90 Å². The first-order valence-electron chi connectivity index (χ1n) is 13.7. The molecule has 4 heterocycles. The average molecular weight is 647 g/mol. The number of benzene rings is 1. The molecule has 4 saturated heterocycles. The molecule has 1 aromatic carbocycles. The summed E-state index contributed by atoms with van der Waals surface area (Å²) in [6.07, 6.45) is -12.2. The first-order chi connectivity index (χ1) is 19.4. The number of ether oxygens (including phenoxy) is 1. The van der Waals surface area contributed by atoms with Crippen LogP contribution in [0.15, 0.2) is 18.2 Å². The lowest BCUT2D eigenvalue weighted by atomic mass is 9.78. The van der Waals surface area contributed by atoms with Gasteiger partial charge in [0.1, 0.15) is 0 Å². The largest absolute Gasteiger partial charge is 0.434 e.